The minimum absolute atomic E-state index is 0.354. The second-order valence-corrected chi connectivity index (χ2v) is 9.70. The molecule has 0 heterocycles. The van der Waals surface area contributed by atoms with Gasteiger partial charge in [0.05, 0.1) is 11.8 Å². The molecule has 0 aliphatic heterocycles. The van der Waals surface area contributed by atoms with Gasteiger partial charge in [-0.2, -0.15) is 0 Å². The monoisotopic (exact) mass is 406 g/mol. The maximum absolute atomic E-state index is 12.2. The van der Waals surface area contributed by atoms with Crippen molar-refractivity contribution in [3.8, 4) is 5.75 Å². The van der Waals surface area contributed by atoms with Gasteiger partial charge < -0.3 is 14.9 Å². The van der Waals surface area contributed by atoms with Gasteiger partial charge in [-0.15, -0.1) is 0 Å². The molecule has 164 valence electrons. The van der Waals surface area contributed by atoms with Crippen molar-refractivity contribution in [2.45, 2.75) is 91.6 Å². The molecule has 0 radical (unpaired) electrons. The maximum Gasteiger partial charge on any atom is 0.311 e. The Bertz CT molecular complexity index is 685. The van der Waals surface area contributed by atoms with Gasteiger partial charge in [-0.25, -0.2) is 0 Å². The number of carboxylic acids is 2. The van der Waals surface area contributed by atoms with E-state index in [1.807, 2.05) is 20.8 Å². The summed E-state index contributed by atoms with van der Waals surface area (Å²) in [5.41, 5.74) is 0.563. The standard InChI is InChI=1S/C24H38O5/c1-15(2)11-13-18(22(25)26)17-9-8-10-20(29-24(5,6)7)21(17)19(23(27)28)14-12-16(3)4/h8-10,15-16,18-19H,11-14H2,1-7H3,(H,25,26)(H,27,28). The molecule has 0 fully saturated rings. The van der Waals surface area contributed by atoms with Gasteiger partial charge in [0.25, 0.3) is 0 Å². The molecule has 5 nitrogen and oxygen atoms in total. The Morgan fingerprint density at radius 3 is 1.76 bits per heavy atom. The Hall–Kier alpha value is -2.04. The fraction of sp³-hybridized carbons (Fsp3) is 0.667. The first-order valence-corrected chi connectivity index (χ1v) is 10.6. The van der Waals surface area contributed by atoms with Crippen molar-refractivity contribution < 1.29 is 24.5 Å². The van der Waals surface area contributed by atoms with Crippen molar-refractivity contribution >= 4 is 11.9 Å². The van der Waals surface area contributed by atoms with E-state index >= 15 is 0 Å². The van der Waals surface area contributed by atoms with E-state index < -0.39 is 29.4 Å². The summed E-state index contributed by atoms with van der Waals surface area (Å²) >= 11 is 0. The molecule has 2 N–H and O–H groups in total. The second-order valence-electron chi connectivity index (χ2n) is 9.70. The van der Waals surface area contributed by atoms with Crippen molar-refractivity contribution in [3.05, 3.63) is 29.3 Å². The van der Waals surface area contributed by atoms with Gasteiger partial charge in [0, 0.05) is 5.56 Å². The quantitative estimate of drug-likeness (QED) is 0.466. The predicted octanol–water partition coefficient (Wildman–Crippen LogP) is 6.07. The van der Waals surface area contributed by atoms with Crippen molar-refractivity contribution in [3.63, 3.8) is 0 Å². The van der Waals surface area contributed by atoms with Crippen LogP contribution in [0.2, 0.25) is 0 Å². The first-order chi connectivity index (χ1) is 13.3. The molecule has 0 spiro atoms. The van der Waals surface area contributed by atoms with Gasteiger partial charge in [0.15, 0.2) is 0 Å². The summed E-state index contributed by atoms with van der Waals surface area (Å²) in [6.07, 6.45) is 2.41. The second kappa shape index (κ2) is 10.7. The number of rotatable bonds is 11. The molecule has 5 heteroatoms. The SMILES string of the molecule is CC(C)CCC(C(=O)O)c1cccc(OC(C)(C)C)c1C(CCC(C)C)C(=O)O. The van der Waals surface area contributed by atoms with Crippen LogP contribution >= 0.6 is 0 Å². The molecular weight excluding hydrogens is 368 g/mol. The predicted molar refractivity (Wildman–Crippen MR) is 116 cm³/mol. The highest BCUT2D eigenvalue weighted by Crippen LogP contribution is 2.40. The Kier molecular flexibility index (Phi) is 9.18. The van der Waals surface area contributed by atoms with Crippen molar-refractivity contribution in [2.75, 3.05) is 0 Å². The van der Waals surface area contributed by atoms with Crippen LogP contribution in [0.3, 0.4) is 0 Å². The van der Waals surface area contributed by atoms with Gasteiger partial charge in [-0.1, -0.05) is 39.8 Å². The van der Waals surface area contributed by atoms with E-state index in [1.165, 1.54) is 0 Å². The topological polar surface area (TPSA) is 83.8 Å². The van der Waals surface area contributed by atoms with Crippen LogP contribution in [-0.2, 0) is 9.59 Å². The molecule has 0 bridgehead atoms. The number of hydrogen-bond donors (Lipinski definition) is 2. The largest absolute Gasteiger partial charge is 0.488 e. The summed E-state index contributed by atoms with van der Waals surface area (Å²) in [7, 11) is 0. The highest BCUT2D eigenvalue weighted by atomic mass is 16.5. The fourth-order valence-electron chi connectivity index (χ4n) is 3.46. The molecule has 0 saturated heterocycles. The molecule has 1 rings (SSSR count). The van der Waals surface area contributed by atoms with Crippen LogP contribution in [0.15, 0.2) is 18.2 Å². The van der Waals surface area contributed by atoms with E-state index in [0.717, 1.165) is 12.8 Å². The minimum atomic E-state index is -0.940. The molecule has 1 aromatic carbocycles. The molecule has 0 aromatic heterocycles. The smallest absolute Gasteiger partial charge is 0.311 e. The van der Waals surface area contributed by atoms with E-state index in [1.54, 1.807) is 18.2 Å². The fourth-order valence-corrected chi connectivity index (χ4v) is 3.46. The summed E-state index contributed by atoms with van der Waals surface area (Å²) in [5, 5.41) is 20.0. The highest BCUT2D eigenvalue weighted by Gasteiger charge is 2.33. The minimum Gasteiger partial charge on any atom is -0.488 e. The summed E-state index contributed by atoms with van der Waals surface area (Å²) in [4.78, 5) is 24.4. The summed E-state index contributed by atoms with van der Waals surface area (Å²) in [6, 6.07) is 5.29. The van der Waals surface area contributed by atoms with E-state index in [0.29, 0.717) is 41.6 Å². The number of hydrogen-bond acceptors (Lipinski definition) is 3. The number of carboxylic acid groups (broad SMARTS) is 2. The van der Waals surface area contributed by atoms with Crippen LogP contribution in [0, 0.1) is 11.8 Å². The van der Waals surface area contributed by atoms with Crippen LogP contribution in [-0.4, -0.2) is 27.8 Å². The van der Waals surface area contributed by atoms with Gasteiger partial charge in [-0.05, 0) is 69.9 Å². The van der Waals surface area contributed by atoms with Crippen molar-refractivity contribution in [2.24, 2.45) is 11.8 Å². The van der Waals surface area contributed by atoms with Crippen LogP contribution in [0.1, 0.15) is 97.1 Å². The zero-order valence-corrected chi connectivity index (χ0v) is 19.0. The Morgan fingerprint density at radius 2 is 1.34 bits per heavy atom. The van der Waals surface area contributed by atoms with Crippen molar-refractivity contribution in [1.29, 1.82) is 0 Å². The molecule has 2 atom stereocenters. The molecule has 0 saturated carbocycles. The molecule has 0 aliphatic rings. The lowest BCUT2D eigenvalue weighted by Crippen LogP contribution is -2.26. The third-order valence-corrected chi connectivity index (χ3v) is 4.90. The lowest BCUT2D eigenvalue weighted by molar-refractivity contribution is -0.140. The Labute approximate surface area is 175 Å². The lowest BCUT2D eigenvalue weighted by Gasteiger charge is -2.29. The van der Waals surface area contributed by atoms with Gasteiger partial charge in [0.1, 0.15) is 11.4 Å². The average Bonchev–Trinajstić information content (AvgIpc) is 2.54. The normalized spacial score (nSPS) is 14.1. The zero-order chi connectivity index (χ0) is 22.4. The first-order valence-electron chi connectivity index (χ1n) is 10.6. The van der Waals surface area contributed by atoms with Crippen molar-refractivity contribution in [1.82, 2.24) is 0 Å². The van der Waals surface area contributed by atoms with Crippen LogP contribution in [0.4, 0.5) is 0 Å². The molecule has 0 aliphatic carbocycles. The van der Waals surface area contributed by atoms with Gasteiger partial charge in [-0.3, -0.25) is 9.59 Å². The lowest BCUT2D eigenvalue weighted by atomic mass is 9.81. The Morgan fingerprint density at radius 1 is 0.862 bits per heavy atom. The number of ether oxygens (including phenoxy) is 1. The molecule has 2 unspecified atom stereocenters. The van der Waals surface area contributed by atoms with E-state index in [2.05, 4.69) is 27.7 Å². The van der Waals surface area contributed by atoms with Crippen LogP contribution in [0.25, 0.3) is 0 Å². The van der Waals surface area contributed by atoms with Crippen LogP contribution < -0.4 is 4.74 Å². The number of aliphatic carboxylic acids is 2. The number of carbonyl (C=O) groups is 2. The third kappa shape index (κ3) is 8.08. The van der Waals surface area contributed by atoms with Crippen LogP contribution in [0.5, 0.6) is 5.75 Å². The summed E-state index contributed by atoms with van der Waals surface area (Å²) in [6.45, 7) is 13.9. The summed E-state index contributed by atoms with van der Waals surface area (Å²) in [5.74, 6) is -2.22. The third-order valence-electron chi connectivity index (χ3n) is 4.90. The van der Waals surface area contributed by atoms with E-state index in [-0.39, 0.29) is 0 Å². The summed E-state index contributed by atoms with van der Waals surface area (Å²) < 4.78 is 6.11. The molecule has 29 heavy (non-hydrogen) atoms. The van der Waals surface area contributed by atoms with E-state index in [4.69, 9.17) is 4.74 Å². The maximum atomic E-state index is 12.2. The molecule has 0 amide bonds. The molecule has 1 aromatic rings. The Balaban J connectivity index is 3.59. The first kappa shape index (κ1) is 25.0. The number of benzene rings is 1. The van der Waals surface area contributed by atoms with Gasteiger partial charge >= 0.3 is 11.9 Å². The molecular formula is C24H38O5. The average molecular weight is 407 g/mol. The highest BCUT2D eigenvalue weighted by molar-refractivity contribution is 5.82. The van der Waals surface area contributed by atoms with Gasteiger partial charge in [0.2, 0.25) is 0 Å². The van der Waals surface area contributed by atoms with E-state index in [9.17, 15) is 19.8 Å². The zero-order valence-electron chi connectivity index (χ0n) is 19.0.